The fraction of sp³-hybridized carbons (Fsp3) is 0.846. The van der Waals surface area contributed by atoms with E-state index in [4.69, 9.17) is 13.6 Å². The maximum atomic E-state index is 11.9. The van der Waals surface area contributed by atoms with Crippen molar-refractivity contribution in [1.29, 1.82) is 0 Å². The minimum absolute atomic E-state index is 0.0262. The van der Waals surface area contributed by atoms with Gasteiger partial charge in [-0.2, -0.15) is 0 Å². The molecule has 0 aromatic heterocycles. The van der Waals surface area contributed by atoms with Crippen LogP contribution in [-0.2, 0) is 23.2 Å². The predicted molar refractivity (Wildman–Crippen MR) is 84.9 cm³/mol. The highest BCUT2D eigenvalue weighted by molar-refractivity contribution is 6.26. The van der Waals surface area contributed by atoms with Crippen molar-refractivity contribution in [2.24, 2.45) is 17.3 Å². The molecule has 122 valence electrons. The van der Waals surface area contributed by atoms with Gasteiger partial charge >= 0.3 is 5.97 Å². The van der Waals surface area contributed by atoms with E-state index >= 15 is 0 Å². The van der Waals surface area contributed by atoms with Crippen molar-refractivity contribution in [2.75, 3.05) is 0 Å². The third kappa shape index (κ3) is 4.15. The highest BCUT2D eigenvalue weighted by Gasteiger charge is 2.52. The lowest BCUT2D eigenvalue weighted by Gasteiger charge is -2.47. The number of hydrogen-bond donors (Lipinski definition) is 1. The molecule has 8 heteroatoms. The second kappa shape index (κ2) is 7.52. The molecule has 1 N–H and O–H groups in total. The molecule has 1 unspecified atom stereocenters. The van der Waals surface area contributed by atoms with Crippen LogP contribution in [0.3, 0.4) is 0 Å². The predicted octanol–water partition coefficient (Wildman–Crippen LogP) is -0.0930. The Balaban J connectivity index is 2.84. The number of carbonyl (C=O) groups is 2. The Morgan fingerprint density at radius 2 is 1.81 bits per heavy atom. The van der Waals surface area contributed by atoms with Gasteiger partial charge in [0.2, 0.25) is 5.91 Å². The molecule has 0 spiro atoms. The Bertz CT molecular complexity index is 385. The molecule has 0 aliphatic carbocycles. The monoisotopic (exact) mass is 333 g/mol. The first kappa shape index (κ1) is 18.3. The summed E-state index contributed by atoms with van der Waals surface area (Å²) in [4.78, 5) is 23.0. The number of amides is 1. The van der Waals surface area contributed by atoms with Crippen molar-refractivity contribution in [3.63, 3.8) is 0 Å². The Hall–Kier alpha value is -0.706. The molecule has 1 aliphatic rings. The summed E-state index contributed by atoms with van der Waals surface area (Å²) >= 11 is 0. The van der Waals surface area contributed by atoms with Gasteiger partial charge in [0.25, 0.3) is 0 Å². The number of β-lactam (4-membered cyclic amide) rings is 1. The molecule has 6 nitrogen and oxygen atoms in total. The van der Waals surface area contributed by atoms with Crippen LogP contribution in [0.2, 0.25) is 13.1 Å². The lowest BCUT2D eigenvalue weighted by Crippen LogP contribution is -2.64. The molecule has 1 aliphatic heterocycles. The van der Waals surface area contributed by atoms with Gasteiger partial charge in [0.1, 0.15) is 6.29 Å². The molecule has 0 saturated carbocycles. The maximum absolute atomic E-state index is 11.9. The summed E-state index contributed by atoms with van der Waals surface area (Å²) in [6.07, 6.45) is -0.824. The van der Waals surface area contributed by atoms with Crippen LogP contribution >= 0.6 is 0 Å². The van der Waals surface area contributed by atoms with Crippen molar-refractivity contribution < 1.29 is 23.2 Å². The van der Waals surface area contributed by atoms with Gasteiger partial charge in [-0.3, -0.25) is 9.59 Å². The summed E-state index contributed by atoms with van der Waals surface area (Å²) in [5, 5.41) is 2.63. The van der Waals surface area contributed by atoms with Crippen molar-refractivity contribution >= 4 is 31.4 Å². The minimum Gasteiger partial charge on any atom is -0.441 e. The Morgan fingerprint density at radius 1 is 1.29 bits per heavy atom. The lowest BCUT2D eigenvalue weighted by molar-refractivity contribution is -0.181. The van der Waals surface area contributed by atoms with E-state index in [2.05, 4.69) is 18.4 Å². The summed E-state index contributed by atoms with van der Waals surface area (Å²) in [6.45, 7) is 11.6. The first-order valence-electron chi connectivity index (χ1n) is 7.46. The zero-order valence-corrected chi connectivity index (χ0v) is 16.6. The highest BCUT2D eigenvalue weighted by atomic mass is 28.2. The molecule has 21 heavy (non-hydrogen) atoms. The van der Waals surface area contributed by atoms with Gasteiger partial charge in [0.05, 0.1) is 5.92 Å². The van der Waals surface area contributed by atoms with Gasteiger partial charge in [-0.25, -0.2) is 0 Å². The van der Waals surface area contributed by atoms with Gasteiger partial charge in [-0.15, -0.1) is 0 Å². The van der Waals surface area contributed by atoms with Crippen LogP contribution in [0.5, 0.6) is 0 Å². The molecule has 0 bridgehead atoms. The fourth-order valence-electron chi connectivity index (χ4n) is 2.60. The largest absolute Gasteiger partial charge is 0.441 e. The topological polar surface area (TPSA) is 73.9 Å². The van der Waals surface area contributed by atoms with E-state index in [-0.39, 0.29) is 35.4 Å². The van der Waals surface area contributed by atoms with Crippen LogP contribution in [0.15, 0.2) is 0 Å². The van der Waals surface area contributed by atoms with Crippen LogP contribution in [0.4, 0.5) is 0 Å². The standard InChI is InChI=1S/C13H27NO5Si2/c1-7(9-10(16)14-11(9)17-8(2)15)13(3,4)12(18-20-5)19-21-6/h7,9,11-12H,20-21H2,1-6H3,(H,14,16)/t7?,9-,11+/m0/s1. The van der Waals surface area contributed by atoms with Crippen LogP contribution in [-0.4, -0.2) is 43.9 Å². The van der Waals surface area contributed by atoms with Crippen molar-refractivity contribution in [3.8, 4) is 0 Å². The zero-order valence-electron chi connectivity index (χ0n) is 13.8. The molecule has 1 rings (SSSR count). The van der Waals surface area contributed by atoms with E-state index in [9.17, 15) is 9.59 Å². The summed E-state index contributed by atoms with van der Waals surface area (Å²) in [5.74, 6) is -0.846. The quantitative estimate of drug-likeness (QED) is 0.291. The number of rotatable bonds is 8. The van der Waals surface area contributed by atoms with Gasteiger partial charge in [-0.1, -0.05) is 33.9 Å². The SMILES string of the molecule is C[SiH2]OC(O[SiH2]C)C(C)(C)C(C)[C@H]1C(=O)N[C@@H]1OC(C)=O. The molecule has 1 amide bonds. The smallest absolute Gasteiger partial charge is 0.304 e. The molecule has 0 aromatic rings. The minimum atomic E-state index is -0.611. The summed E-state index contributed by atoms with van der Waals surface area (Å²) in [7, 11) is -1.22. The van der Waals surface area contributed by atoms with E-state index in [1.165, 1.54) is 6.92 Å². The molecular formula is C13H27NO5Si2. The molecule has 1 heterocycles. The number of esters is 1. The van der Waals surface area contributed by atoms with E-state index in [1.807, 2.05) is 20.8 Å². The van der Waals surface area contributed by atoms with Gasteiger partial charge in [0.15, 0.2) is 25.8 Å². The second-order valence-electron chi connectivity index (χ2n) is 5.92. The Kier molecular flexibility index (Phi) is 6.57. The number of nitrogens with one attached hydrogen (secondary N) is 1. The first-order chi connectivity index (χ1) is 9.75. The molecule has 1 saturated heterocycles. The molecule has 3 atom stereocenters. The average Bonchev–Trinajstić information content (AvgIpc) is 2.37. The van der Waals surface area contributed by atoms with Crippen molar-refractivity contribution in [1.82, 2.24) is 5.32 Å². The van der Waals surface area contributed by atoms with E-state index in [1.54, 1.807) is 0 Å². The van der Waals surface area contributed by atoms with E-state index in [0.29, 0.717) is 0 Å². The summed E-state index contributed by atoms with van der Waals surface area (Å²) in [6, 6.07) is 0. The lowest BCUT2D eigenvalue weighted by atomic mass is 9.69. The van der Waals surface area contributed by atoms with Crippen LogP contribution in [0.1, 0.15) is 27.7 Å². The van der Waals surface area contributed by atoms with Crippen LogP contribution in [0.25, 0.3) is 0 Å². The maximum Gasteiger partial charge on any atom is 0.304 e. The van der Waals surface area contributed by atoms with E-state index in [0.717, 1.165) is 0 Å². The normalized spacial score (nSPS) is 25.9. The fourth-order valence-corrected chi connectivity index (χ4v) is 4.45. The van der Waals surface area contributed by atoms with Crippen LogP contribution in [0, 0.1) is 17.3 Å². The van der Waals surface area contributed by atoms with E-state index < -0.39 is 25.8 Å². The third-order valence-electron chi connectivity index (χ3n) is 4.16. The molecular weight excluding hydrogens is 306 g/mol. The van der Waals surface area contributed by atoms with Crippen LogP contribution < -0.4 is 5.32 Å². The third-order valence-corrected chi connectivity index (χ3v) is 5.43. The second-order valence-corrected chi connectivity index (χ2v) is 7.74. The van der Waals surface area contributed by atoms with Gasteiger partial charge in [0, 0.05) is 12.3 Å². The number of carbonyl (C=O) groups excluding carboxylic acids is 2. The Labute approximate surface area is 131 Å². The van der Waals surface area contributed by atoms with Crippen molar-refractivity contribution in [2.45, 2.75) is 53.3 Å². The van der Waals surface area contributed by atoms with Crippen molar-refractivity contribution in [3.05, 3.63) is 0 Å². The first-order valence-corrected chi connectivity index (χ1v) is 11.4. The summed E-state index contributed by atoms with van der Waals surface area (Å²) in [5.41, 5.74) is -0.327. The average molecular weight is 334 g/mol. The summed E-state index contributed by atoms with van der Waals surface area (Å²) < 4.78 is 16.9. The highest BCUT2D eigenvalue weighted by Crippen LogP contribution is 2.41. The Morgan fingerprint density at radius 3 is 2.19 bits per heavy atom. The molecule has 0 aromatic carbocycles. The zero-order chi connectivity index (χ0) is 16.2. The number of ether oxygens (including phenoxy) is 1. The number of hydrogen-bond acceptors (Lipinski definition) is 5. The molecule has 0 radical (unpaired) electrons. The van der Waals surface area contributed by atoms with Gasteiger partial charge < -0.3 is 18.9 Å². The van der Waals surface area contributed by atoms with Gasteiger partial charge in [-0.05, 0) is 5.92 Å². The molecule has 1 fully saturated rings.